The number of nitrogens with two attached hydrogens (primary N) is 1. The summed E-state index contributed by atoms with van der Waals surface area (Å²) in [5, 5.41) is 10.5. The number of rotatable bonds is 17. The van der Waals surface area contributed by atoms with E-state index in [1.807, 2.05) is 4.90 Å². The molecule has 5 aliphatic rings. The van der Waals surface area contributed by atoms with E-state index in [0.29, 0.717) is 66.5 Å². The van der Waals surface area contributed by atoms with Crippen molar-refractivity contribution in [1.82, 2.24) is 40.9 Å². The Hall–Kier alpha value is -7.56. The molecule has 0 bridgehead atoms. The minimum absolute atomic E-state index is 0.00360. The SMILES string of the molecule is CN1CC[C@H]2CC[C@@H](C(=O)N[C@@H](CCC(N)=O)C(=O)N[C@@H](Cc3ccc(F)c(F)c3)C(=O)N3CCC(CCC#Cc4cccc5c4CN(C4CCC(=O)NC4=O)C5=O)CC3)N2C(=O)[C@@H](NC(=O)c2cc3cc(C(F)(F)P(=O)(O)O)ccc3s2)C1. The molecule has 9 rings (SSSR count). The zero-order chi connectivity index (χ0) is 60.4. The molecule has 0 saturated carbocycles. The molecular weight excluding hydrogens is 1140 g/mol. The smallest absolute Gasteiger partial charge is 0.370 e. The third-order valence-electron chi connectivity index (χ3n) is 16.2. The highest BCUT2D eigenvalue weighted by Crippen LogP contribution is 2.59. The van der Waals surface area contributed by atoms with Gasteiger partial charge in [-0.25, -0.2) is 8.78 Å². The average Bonchev–Trinajstić information content (AvgIpc) is 3.56. The fourth-order valence-corrected chi connectivity index (χ4v) is 13.1. The molecule has 4 saturated heterocycles. The summed E-state index contributed by atoms with van der Waals surface area (Å²) in [6, 6.07) is 5.89. The molecular formula is C57H62F4N9O12PS. The van der Waals surface area contributed by atoms with E-state index in [4.69, 9.17) is 5.73 Å². The lowest BCUT2D eigenvalue weighted by atomic mass is 9.91. The number of carbonyl (C=O) groups is 9. The second-order valence-electron chi connectivity index (χ2n) is 21.9. The van der Waals surface area contributed by atoms with Crippen molar-refractivity contribution in [3.63, 3.8) is 0 Å². The Bertz CT molecular complexity index is 3430. The normalized spacial score (nSPS) is 21.3. The van der Waals surface area contributed by atoms with Gasteiger partial charge in [0.25, 0.3) is 11.8 Å². The number of alkyl halides is 2. The topological polar surface area (TPSA) is 298 Å². The third-order valence-corrected chi connectivity index (χ3v) is 18.3. The summed E-state index contributed by atoms with van der Waals surface area (Å²) in [4.78, 5) is 146. The maximum Gasteiger partial charge on any atom is 0.399 e. The molecule has 21 nitrogen and oxygen atoms in total. The lowest BCUT2D eigenvalue weighted by Gasteiger charge is -2.38. The monoisotopic (exact) mass is 1200 g/mol. The van der Waals surface area contributed by atoms with Gasteiger partial charge >= 0.3 is 13.3 Å². The van der Waals surface area contributed by atoms with Gasteiger partial charge in [0, 0.05) is 79.3 Å². The summed E-state index contributed by atoms with van der Waals surface area (Å²) >= 11 is 0.892. The second-order valence-corrected chi connectivity index (χ2v) is 24.7. The van der Waals surface area contributed by atoms with Crippen molar-refractivity contribution in [3.05, 3.63) is 105 Å². The number of fused-ring (bicyclic) bond motifs is 3. The number of imide groups is 1. The maximum absolute atomic E-state index is 14.6. The van der Waals surface area contributed by atoms with E-state index in [1.54, 1.807) is 30.1 Å². The van der Waals surface area contributed by atoms with Crippen LogP contribution < -0.4 is 27.0 Å². The zero-order valence-corrected chi connectivity index (χ0v) is 47.3. The number of hydrogen-bond acceptors (Lipinski definition) is 12. The van der Waals surface area contributed by atoms with Crippen molar-refractivity contribution >= 4 is 82.2 Å². The van der Waals surface area contributed by atoms with E-state index in [-0.39, 0.29) is 91.8 Å². The van der Waals surface area contributed by atoms with Crippen LogP contribution in [0.3, 0.4) is 0 Å². The summed E-state index contributed by atoms with van der Waals surface area (Å²) in [7, 11) is -4.15. The molecule has 3 aromatic carbocycles. The number of halogens is 4. The average molecular weight is 1200 g/mol. The van der Waals surface area contributed by atoms with Gasteiger partial charge < -0.3 is 51.1 Å². The fraction of sp³-hybridized carbons (Fsp3) is 0.456. The first-order valence-electron chi connectivity index (χ1n) is 27.5. The molecule has 4 aromatic rings. The summed E-state index contributed by atoms with van der Waals surface area (Å²) in [6.07, 6.45) is 2.55. The number of hydrogen-bond donors (Lipinski definition) is 7. The number of thiophene rings is 1. The van der Waals surface area contributed by atoms with Crippen LogP contribution >= 0.6 is 18.9 Å². The van der Waals surface area contributed by atoms with Crippen molar-refractivity contribution in [2.24, 2.45) is 11.7 Å². The second kappa shape index (κ2) is 25.3. The molecule has 0 radical (unpaired) electrons. The number of likely N-dealkylation sites (tertiary alicyclic amines) is 1. The number of piperidine rings is 2. The molecule has 84 heavy (non-hydrogen) atoms. The van der Waals surface area contributed by atoms with Crippen LogP contribution in [0.4, 0.5) is 17.6 Å². The van der Waals surface area contributed by atoms with Gasteiger partial charge in [-0.1, -0.05) is 30.0 Å². The lowest BCUT2D eigenvalue weighted by Crippen LogP contribution is -2.61. The summed E-state index contributed by atoms with van der Waals surface area (Å²) in [6.45, 7) is 1.15. The van der Waals surface area contributed by atoms with Crippen molar-refractivity contribution in [2.45, 2.75) is 126 Å². The fourth-order valence-electron chi connectivity index (χ4n) is 11.6. The van der Waals surface area contributed by atoms with E-state index in [0.717, 1.165) is 35.6 Å². The van der Waals surface area contributed by atoms with E-state index in [9.17, 15) is 75.1 Å². The predicted octanol–water partition coefficient (Wildman–Crippen LogP) is 3.51. The van der Waals surface area contributed by atoms with Gasteiger partial charge in [-0.05, 0) is 130 Å². The Morgan fingerprint density at radius 1 is 0.905 bits per heavy atom. The number of benzene rings is 3. The van der Waals surface area contributed by atoms with E-state index in [1.165, 1.54) is 28.0 Å². The quantitative estimate of drug-likeness (QED) is 0.0345. The maximum atomic E-state index is 14.6. The highest BCUT2D eigenvalue weighted by Gasteiger charge is 2.51. The minimum atomic E-state index is -5.89. The molecule has 1 aromatic heterocycles. The van der Waals surface area contributed by atoms with Crippen LogP contribution in [0, 0.1) is 29.4 Å². The molecule has 0 spiro atoms. The van der Waals surface area contributed by atoms with Gasteiger partial charge in [0.15, 0.2) is 11.6 Å². The predicted molar refractivity (Wildman–Crippen MR) is 295 cm³/mol. The molecule has 8 N–H and O–H groups in total. The first kappa shape index (κ1) is 61.0. The van der Waals surface area contributed by atoms with Crippen LogP contribution in [0.25, 0.3) is 10.1 Å². The molecule has 5 aliphatic heterocycles. The molecule has 446 valence electrons. The van der Waals surface area contributed by atoms with Gasteiger partial charge in [-0.15, -0.1) is 11.3 Å². The third kappa shape index (κ3) is 13.5. The van der Waals surface area contributed by atoms with Crippen LogP contribution in [0.2, 0.25) is 0 Å². The summed E-state index contributed by atoms with van der Waals surface area (Å²) < 4.78 is 69.7. The van der Waals surface area contributed by atoms with Gasteiger partial charge in [-0.3, -0.25) is 53.0 Å². The molecule has 1 unspecified atom stereocenters. The van der Waals surface area contributed by atoms with Crippen LogP contribution in [0.5, 0.6) is 0 Å². The Balaban J connectivity index is 0.849. The molecule has 6 heterocycles. The zero-order valence-electron chi connectivity index (χ0n) is 45.5. The molecule has 4 fully saturated rings. The number of nitrogens with zero attached hydrogens (tertiary/aromatic N) is 4. The number of carbonyl (C=O) groups excluding carboxylic acids is 9. The first-order valence-corrected chi connectivity index (χ1v) is 30.0. The first-order chi connectivity index (χ1) is 39.9. The van der Waals surface area contributed by atoms with Gasteiger partial charge in [-0.2, -0.15) is 8.78 Å². The van der Waals surface area contributed by atoms with E-state index >= 15 is 0 Å². The Kier molecular flexibility index (Phi) is 18.4. The highest BCUT2D eigenvalue weighted by molar-refractivity contribution is 7.52. The molecule has 0 aliphatic carbocycles. The van der Waals surface area contributed by atoms with E-state index < -0.39 is 114 Å². The Morgan fingerprint density at radius 3 is 2.38 bits per heavy atom. The van der Waals surface area contributed by atoms with Crippen LogP contribution in [0.15, 0.2) is 60.7 Å². The van der Waals surface area contributed by atoms with Gasteiger partial charge in [0.2, 0.25) is 41.4 Å². The summed E-state index contributed by atoms with van der Waals surface area (Å²) in [5.74, 6) is -1.43. The van der Waals surface area contributed by atoms with Gasteiger partial charge in [0.05, 0.1) is 4.88 Å². The minimum Gasteiger partial charge on any atom is -0.370 e. The Labute approximate surface area is 483 Å². The van der Waals surface area contributed by atoms with Crippen LogP contribution in [-0.2, 0) is 56.8 Å². The van der Waals surface area contributed by atoms with Crippen molar-refractivity contribution < 1.29 is 75.1 Å². The highest BCUT2D eigenvalue weighted by atomic mass is 32.1. The van der Waals surface area contributed by atoms with Crippen LogP contribution in [-0.4, -0.2) is 152 Å². The van der Waals surface area contributed by atoms with E-state index in [2.05, 4.69) is 33.1 Å². The van der Waals surface area contributed by atoms with Crippen molar-refractivity contribution in [2.75, 3.05) is 33.2 Å². The lowest BCUT2D eigenvalue weighted by molar-refractivity contribution is -0.144. The number of primary amides is 1. The number of amides is 9. The standard InChI is InChI=1S/C57H62F4N9O12PS/c1-67-22-21-36-11-14-45(70(36)56(79)43(30-67)65-53(76)47-28-34-27-35(10-16-46(34)84-47)57(60,61)83(80,81)82)52(75)63-41(13-17-48(62)71)50(73)64-42(26-32-9-12-39(58)40(59)25-32)55(78)68-23-19-31(20-24-68)5-2-3-6-33-7-4-8-37-38(33)29-69(54(37)77)44-15-18-49(72)66-51(44)74/h4,7-10,12,16,25,27-28,31,36,41-45H,2,5,11,13-15,17-24,26,29-30H2,1H3,(H2,62,71)(H,63,75)(H,64,73)(H,65,76)(H,66,72,74)(H2,80,81,82)/t36-,41+,42+,43+,44?,45+/m1/s1. The molecule has 6 atom stereocenters. The van der Waals surface area contributed by atoms with Gasteiger partial charge in [0.1, 0.15) is 30.2 Å². The number of nitrogens with one attached hydrogen (secondary N) is 4. The molecule has 9 amide bonds. The van der Waals surface area contributed by atoms with Crippen LogP contribution in [0.1, 0.15) is 113 Å². The number of likely N-dealkylation sites (N-methyl/N-ethyl adjacent to an activating group) is 1. The summed E-state index contributed by atoms with van der Waals surface area (Å²) in [5.41, 5.74) is 2.03. The molecule has 27 heteroatoms. The van der Waals surface area contributed by atoms with Crippen molar-refractivity contribution in [3.8, 4) is 11.8 Å². The largest absolute Gasteiger partial charge is 0.399 e. The van der Waals surface area contributed by atoms with Crippen molar-refractivity contribution in [1.29, 1.82) is 0 Å². The Morgan fingerprint density at radius 2 is 1.67 bits per heavy atom.